The first kappa shape index (κ1) is 19.3. The smallest absolute Gasteiger partial charge is 0.165 e. The van der Waals surface area contributed by atoms with Gasteiger partial charge in [-0.05, 0) is 17.2 Å². The van der Waals surface area contributed by atoms with E-state index in [1.54, 1.807) is 0 Å². The van der Waals surface area contributed by atoms with E-state index in [4.69, 9.17) is 15.0 Å². The standard InChI is InChI=1S/C27H18BrN3/c28-23-18-10-17-22(19-11-4-1-5-12-19)24(23)27-30-25(20-13-6-2-7-14-20)29-26(31-27)21-15-8-3-9-16-21/h1-18H. The van der Waals surface area contributed by atoms with Crippen LogP contribution in [0.1, 0.15) is 0 Å². The summed E-state index contributed by atoms with van der Waals surface area (Å²) in [5.74, 6) is 1.94. The molecule has 0 radical (unpaired) electrons. The van der Waals surface area contributed by atoms with E-state index in [9.17, 15) is 0 Å². The van der Waals surface area contributed by atoms with Gasteiger partial charge in [0.2, 0.25) is 0 Å². The Kier molecular flexibility index (Phi) is 5.38. The molecular weight excluding hydrogens is 446 g/mol. The molecule has 0 spiro atoms. The Balaban J connectivity index is 1.77. The van der Waals surface area contributed by atoms with Crippen LogP contribution in [0.3, 0.4) is 0 Å². The number of benzene rings is 4. The topological polar surface area (TPSA) is 38.7 Å². The lowest BCUT2D eigenvalue weighted by atomic mass is 9.99. The number of rotatable bonds is 4. The minimum Gasteiger partial charge on any atom is -0.208 e. The Morgan fingerprint density at radius 3 is 1.39 bits per heavy atom. The van der Waals surface area contributed by atoms with Crippen LogP contribution in [0.2, 0.25) is 0 Å². The molecule has 0 N–H and O–H groups in total. The van der Waals surface area contributed by atoms with Crippen LogP contribution < -0.4 is 0 Å². The zero-order chi connectivity index (χ0) is 21.0. The molecule has 5 rings (SSSR count). The van der Waals surface area contributed by atoms with Crippen LogP contribution in [0.25, 0.3) is 45.3 Å². The molecule has 4 aromatic carbocycles. The van der Waals surface area contributed by atoms with Gasteiger partial charge in [0.25, 0.3) is 0 Å². The molecule has 0 saturated heterocycles. The summed E-state index contributed by atoms with van der Waals surface area (Å²) in [6.07, 6.45) is 0. The lowest BCUT2D eigenvalue weighted by Crippen LogP contribution is -2.01. The summed E-state index contributed by atoms with van der Waals surface area (Å²) in [7, 11) is 0. The van der Waals surface area contributed by atoms with Crippen LogP contribution in [0.15, 0.2) is 114 Å². The Labute approximate surface area is 189 Å². The second kappa shape index (κ2) is 8.62. The molecule has 0 aliphatic rings. The molecule has 0 amide bonds. The summed E-state index contributed by atoms with van der Waals surface area (Å²) in [5.41, 5.74) is 5.04. The lowest BCUT2D eigenvalue weighted by Gasteiger charge is -2.13. The quantitative estimate of drug-likeness (QED) is 0.280. The van der Waals surface area contributed by atoms with Gasteiger partial charge >= 0.3 is 0 Å². The molecule has 0 atom stereocenters. The van der Waals surface area contributed by atoms with Crippen LogP contribution in [0.4, 0.5) is 0 Å². The van der Waals surface area contributed by atoms with Gasteiger partial charge in [-0.3, -0.25) is 0 Å². The van der Waals surface area contributed by atoms with Gasteiger partial charge in [-0.1, -0.05) is 119 Å². The van der Waals surface area contributed by atoms with Crippen LogP contribution in [0, 0.1) is 0 Å². The van der Waals surface area contributed by atoms with Crippen molar-refractivity contribution in [3.8, 4) is 45.3 Å². The molecule has 0 bridgehead atoms. The highest BCUT2D eigenvalue weighted by molar-refractivity contribution is 9.10. The van der Waals surface area contributed by atoms with E-state index in [-0.39, 0.29) is 0 Å². The van der Waals surface area contributed by atoms with Crippen molar-refractivity contribution >= 4 is 15.9 Å². The zero-order valence-corrected chi connectivity index (χ0v) is 18.2. The van der Waals surface area contributed by atoms with Gasteiger partial charge in [0, 0.05) is 21.2 Å². The van der Waals surface area contributed by atoms with Crippen LogP contribution >= 0.6 is 15.9 Å². The van der Waals surface area contributed by atoms with Crippen LogP contribution in [-0.2, 0) is 0 Å². The van der Waals surface area contributed by atoms with Crippen molar-refractivity contribution in [2.24, 2.45) is 0 Å². The van der Waals surface area contributed by atoms with Crippen LogP contribution in [0.5, 0.6) is 0 Å². The zero-order valence-electron chi connectivity index (χ0n) is 16.6. The number of hydrogen-bond acceptors (Lipinski definition) is 3. The minimum absolute atomic E-state index is 0.638. The van der Waals surface area contributed by atoms with Crippen molar-refractivity contribution in [3.05, 3.63) is 114 Å². The first-order valence-electron chi connectivity index (χ1n) is 10.0. The highest BCUT2D eigenvalue weighted by Gasteiger charge is 2.17. The number of aromatic nitrogens is 3. The summed E-state index contributed by atoms with van der Waals surface area (Å²) in [6.45, 7) is 0. The molecule has 0 aliphatic heterocycles. The molecule has 0 saturated carbocycles. The number of nitrogens with zero attached hydrogens (tertiary/aromatic N) is 3. The normalized spacial score (nSPS) is 10.7. The fourth-order valence-corrected chi connectivity index (χ4v) is 4.07. The number of halogens is 1. The summed E-state index contributed by atoms with van der Waals surface area (Å²) in [5, 5.41) is 0. The van der Waals surface area contributed by atoms with E-state index >= 15 is 0 Å². The fraction of sp³-hybridized carbons (Fsp3) is 0. The second-order valence-corrected chi connectivity index (χ2v) is 7.92. The molecule has 1 heterocycles. The van der Waals surface area contributed by atoms with E-state index in [0.29, 0.717) is 17.5 Å². The SMILES string of the molecule is Brc1cccc(-c2ccccc2)c1-c1nc(-c2ccccc2)nc(-c2ccccc2)n1. The molecule has 148 valence electrons. The van der Waals surface area contributed by atoms with Gasteiger partial charge in [0.05, 0.1) is 0 Å². The monoisotopic (exact) mass is 463 g/mol. The molecule has 4 heteroatoms. The van der Waals surface area contributed by atoms with E-state index in [1.165, 1.54) is 0 Å². The highest BCUT2D eigenvalue weighted by Crippen LogP contribution is 2.37. The summed E-state index contributed by atoms with van der Waals surface area (Å²) >= 11 is 3.74. The van der Waals surface area contributed by atoms with Gasteiger partial charge in [0.1, 0.15) is 0 Å². The molecular formula is C27H18BrN3. The third-order valence-electron chi connectivity index (χ3n) is 5.02. The molecule has 31 heavy (non-hydrogen) atoms. The van der Waals surface area contributed by atoms with Gasteiger partial charge < -0.3 is 0 Å². The molecule has 0 unspecified atom stereocenters. The van der Waals surface area contributed by atoms with Gasteiger partial charge in [-0.2, -0.15) is 0 Å². The molecule has 3 nitrogen and oxygen atoms in total. The maximum absolute atomic E-state index is 4.89. The Morgan fingerprint density at radius 2 is 0.871 bits per heavy atom. The Morgan fingerprint density at radius 1 is 0.419 bits per heavy atom. The van der Waals surface area contributed by atoms with E-state index < -0.39 is 0 Å². The lowest BCUT2D eigenvalue weighted by molar-refractivity contribution is 1.07. The fourth-order valence-electron chi connectivity index (χ4n) is 3.53. The van der Waals surface area contributed by atoms with Gasteiger partial charge in [-0.25, -0.2) is 15.0 Å². The van der Waals surface area contributed by atoms with Crippen molar-refractivity contribution in [2.45, 2.75) is 0 Å². The maximum atomic E-state index is 4.89. The molecule has 1 aromatic heterocycles. The molecule has 0 aliphatic carbocycles. The molecule has 0 fully saturated rings. The highest BCUT2D eigenvalue weighted by atomic mass is 79.9. The van der Waals surface area contributed by atoms with Crippen molar-refractivity contribution in [3.63, 3.8) is 0 Å². The predicted molar refractivity (Wildman–Crippen MR) is 129 cm³/mol. The average Bonchev–Trinajstić information content (AvgIpc) is 2.85. The first-order chi connectivity index (χ1) is 15.3. The third-order valence-corrected chi connectivity index (χ3v) is 5.68. The van der Waals surface area contributed by atoms with Gasteiger partial charge in [-0.15, -0.1) is 0 Å². The molecule has 5 aromatic rings. The minimum atomic E-state index is 0.638. The van der Waals surface area contributed by atoms with Crippen LogP contribution in [-0.4, -0.2) is 15.0 Å². The van der Waals surface area contributed by atoms with E-state index in [0.717, 1.165) is 32.3 Å². The maximum Gasteiger partial charge on any atom is 0.165 e. The van der Waals surface area contributed by atoms with Crippen molar-refractivity contribution < 1.29 is 0 Å². The van der Waals surface area contributed by atoms with Crippen molar-refractivity contribution in [1.82, 2.24) is 15.0 Å². The summed E-state index contributed by atoms with van der Waals surface area (Å²) < 4.78 is 0.943. The van der Waals surface area contributed by atoms with Crippen molar-refractivity contribution in [2.75, 3.05) is 0 Å². The Bertz CT molecular complexity index is 1260. The van der Waals surface area contributed by atoms with Crippen molar-refractivity contribution in [1.29, 1.82) is 0 Å². The average molecular weight is 464 g/mol. The largest absolute Gasteiger partial charge is 0.208 e. The van der Waals surface area contributed by atoms with Gasteiger partial charge in [0.15, 0.2) is 17.5 Å². The Hall–Kier alpha value is -3.63. The second-order valence-electron chi connectivity index (χ2n) is 7.07. The summed E-state index contributed by atoms with van der Waals surface area (Å²) in [6, 6.07) is 36.5. The number of hydrogen-bond donors (Lipinski definition) is 0. The van der Waals surface area contributed by atoms with E-state index in [2.05, 4.69) is 34.1 Å². The first-order valence-corrected chi connectivity index (χ1v) is 10.8. The third kappa shape index (κ3) is 4.03. The predicted octanol–water partition coefficient (Wildman–Crippen LogP) is 7.30. The summed E-state index contributed by atoms with van der Waals surface area (Å²) in [4.78, 5) is 14.6. The van der Waals surface area contributed by atoms with E-state index in [1.807, 2.05) is 91.0 Å².